The molecule has 0 unspecified atom stereocenters. The van der Waals surface area contributed by atoms with Crippen molar-refractivity contribution in [3.8, 4) is 0 Å². The highest BCUT2D eigenvalue weighted by molar-refractivity contribution is 14.0. The second-order valence-electron chi connectivity index (χ2n) is 6.57. The number of anilines is 1. The molecule has 0 fully saturated rings. The lowest BCUT2D eigenvalue weighted by Gasteiger charge is -2.13. The summed E-state index contributed by atoms with van der Waals surface area (Å²) >= 11 is 6.01. The first kappa shape index (κ1) is 24.2. The second kappa shape index (κ2) is 12.6. The van der Waals surface area contributed by atoms with Crippen LogP contribution in [-0.2, 0) is 17.8 Å². The number of rotatable bonds is 7. The van der Waals surface area contributed by atoms with Crippen LogP contribution in [-0.4, -0.2) is 25.5 Å². The molecule has 0 aromatic heterocycles. The third kappa shape index (κ3) is 8.48. The molecule has 0 saturated heterocycles. The lowest BCUT2D eigenvalue weighted by atomic mass is 10.1. The largest absolute Gasteiger partial charge is 0.356 e. The summed E-state index contributed by atoms with van der Waals surface area (Å²) in [5.41, 5.74) is 3.10. The van der Waals surface area contributed by atoms with E-state index in [1.54, 1.807) is 7.05 Å². The average molecular weight is 515 g/mol. The molecule has 2 aromatic carbocycles. The third-order valence-corrected chi connectivity index (χ3v) is 4.26. The minimum Gasteiger partial charge on any atom is -0.356 e. The molecule has 0 radical (unpaired) electrons. The zero-order valence-electron chi connectivity index (χ0n) is 16.5. The highest BCUT2D eigenvalue weighted by Crippen LogP contribution is 2.11. The Kier molecular flexibility index (Phi) is 10.9. The Hall–Kier alpha value is -1.80. The van der Waals surface area contributed by atoms with Gasteiger partial charge in [-0.15, -0.1) is 24.0 Å². The Balaban J connectivity index is 0.00000392. The number of halogens is 2. The summed E-state index contributed by atoms with van der Waals surface area (Å²) < 4.78 is 0. The van der Waals surface area contributed by atoms with Crippen LogP contribution in [0.25, 0.3) is 0 Å². The maximum absolute atomic E-state index is 11.7. The number of aliphatic imine (C=N–C) groups is 1. The van der Waals surface area contributed by atoms with E-state index in [1.165, 1.54) is 5.56 Å². The number of carbonyl (C=O) groups is 1. The molecular formula is C21H28ClIN4O. The van der Waals surface area contributed by atoms with Gasteiger partial charge in [0, 0.05) is 36.8 Å². The van der Waals surface area contributed by atoms with Crippen LogP contribution in [0.3, 0.4) is 0 Å². The zero-order valence-corrected chi connectivity index (χ0v) is 19.5. The van der Waals surface area contributed by atoms with Crippen LogP contribution in [0.2, 0.25) is 5.02 Å². The third-order valence-electron chi connectivity index (χ3n) is 4.02. The maximum Gasteiger partial charge on any atom is 0.226 e. The topological polar surface area (TPSA) is 65.5 Å². The van der Waals surface area contributed by atoms with Gasteiger partial charge in [0.15, 0.2) is 5.96 Å². The van der Waals surface area contributed by atoms with Gasteiger partial charge in [-0.1, -0.05) is 49.7 Å². The minimum atomic E-state index is -0.0346. The van der Waals surface area contributed by atoms with Gasteiger partial charge in [0.2, 0.25) is 5.91 Å². The van der Waals surface area contributed by atoms with Crippen molar-refractivity contribution in [1.29, 1.82) is 0 Å². The van der Waals surface area contributed by atoms with Gasteiger partial charge in [0.1, 0.15) is 0 Å². The summed E-state index contributed by atoms with van der Waals surface area (Å²) in [7, 11) is 1.75. The van der Waals surface area contributed by atoms with E-state index in [1.807, 2.05) is 56.3 Å². The summed E-state index contributed by atoms with van der Waals surface area (Å²) in [5, 5.41) is 10.2. The molecule has 0 spiro atoms. The van der Waals surface area contributed by atoms with Gasteiger partial charge in [-0.2, -0.15) is 0 Å². The van der Waals surface area contributed by atoms with Crippen LogP contribution < -0.4 is 16.0 Å². The number of amides is 1. The molecular weight excluding hydrogens is 487 g/mol. The van der Waals surface area contributed by atoms with Gasteiger partial charge in [-0.05, 0) is 41.8 Å². The summed E-state index contributed by atoms with van der Waals surface area (Å²) in [6.07, 6.45) is 0.867. The first-order valence-electron chi connectivity index (χ1n) is 9.06. The Labute approximate surface area is 189 Å². The Morgan fingerprint density at radius 1 is 1.07 bits per heavy atom. The molecule has 0 saturated carbocycles. The van der Waals surface area contributed by atoms with Crippen LogP contribution in [0, 0.1) is 5.92 Å². The summed E-state index contributed by atoms with van der Waals surface area (Å²) in [4.78, 5) is 16.0. The van der Waals surface area contributed by atoms with Gasteiger partial charge >= 0.3 is 0 Å². The van der Waals surface area contributed by atoms with Crippen LogP contribution in [0.5, 0.6) is 0 Å². The van der Waals surface area contributed by atoms with Crippen molar-refractivity contribution < 1.29 is 4.79 Å². The normalized spacial score (nSPS) is 11.0. The zero-order chi connectivity index (χ0) is 19.6. The van der Waals surface area contributed by atoms with Crippen LogP contribution >= 0.6 is 35.6 Å². The fraction of sp³-hybridized carbons (Fsp3) is 0.333. The summed E-state index contributed by atoms with van der Waals surface area (Å²) in [6.45, 7) is 5.16. The van der Waals surface area contributed by atoms with Crippen LogP contribution in [0.1, 0.15) is 25.0 Å². The van der Waals surface area contributed by atoms with Crippen molar-refractivity contribution >= 4 is 53.1 Å². The molecule has 0 heterocycles. The highest BCUT2D eigenvalue weighted by Gasteiger charge is 2.06. The molecule has 0 aliphatic carbocycles. The first-order chi connectivity index (χ1) is 13.0. The van der Waals surface area contributed by atoms with Crippen molar-refractivity contribution in [3.63, 3.8) is 0 Å². The van der Waals surface area contributed by atoms with Gasteiger partial charge in [0.05, 0.1) is 0 Å². The smallest absolute Gasteiger partial charge is 0.226 e. The van der Waals surface area contributed by atoms with E-state index in [0.717, 1.165) is 35.2 Å². The lowest BCUT2D eigenvalue weighted by Crippen LogP contribution is -2.37. The molecule has 28 heavy (non-hydrogen) atoms. The van der Waals surface area contributed by atoms with E-state index in [4.69, 9.17) is 11.6 Å². The molecule has 0 aliphatic heterocycles. The molecule has 3 N–H and O–H groups in total. The van der Waals surface area contributed by atoms with E-state index in [0.29, 0.717) is 6.54 Å². The SMILES string of the molecule is CN=C(NCCc1cccc(Cl)c1)NCc1ccc(NC(=O)C(C)C)cc1.I. The fourth-order valence-corrected chi connectivity index (χ4v) is 2.63. The fourth-order valence-electron chi connectivity index (χ4n) is 2.42. The number of hydrogen-bond acceptors (Lipinski definition) is 2. The Morgan fingerprint density at radius 3 is 2.39 bits per heavy atom. The van der Waals surface area contributed by atoms with E-state index in [-0.39, 0.29) is 35.8 Å². The van der Waals surface area contributed by atoms with E-state index < -0.39 is 0 Å². The predicted octanol–water partition coefficient (Wildman–Crippen LogP) is 4.46. The van der Waals surface area contributed by atoms with Crippen molar-refractivity contribution in [2.75, 3.05) is 18.9 Å². The number of hydrogen-bond donors (Lipinski definition) is 3. The first-order valence-corrected chi connectivity index (χ1v) is 9.44. The monoisotopic (exact) mass is 514 g/mol. The van der Waals surface area contributed by atoms with E-state index in [2.05, 4.69) is 27.0 Å². The van der Waals surface area contributed by atoms with Crippen LogP contribution in [0.4, 0.5) is 5.69 Å². The van der Waals surface area contributed by atoms with Crippen molar-refractivity contribution in [2.24, 2.45) is 10.9 Å². The molecule has 0 bridgehead atoms. The predicted molar refractivity (Wildman–Crippen MR) is 129 cm³/mol. The Bertz CT molecular complexity index is 778. The molecule has 0 atom stereocenters. The van der Waals surface area contributed by atoms with Crippen molar-refractivity contribution in [1.82, 2.24) is 10.6 Å². The molecule has 5 nitrogen and oxygen atoms in total. The number of benzene rings is 2. The lowest BCUT2D eigenvalue weighted by molar-refractivity contribution is -0.118. The van der Waals surface area contributed by atoms with Gasteiger partial charge in [-0.3, -0.25) is 9.79 Å². The molecule has 2 aromatic rings. The minimum absolute atomic E-state index is 0. The van der Waals surface area contributed by atoms with Crippen LogP contribution in [0.15, 0.2) is 53.5 Å². The standard InChI is InChI=1S/C21H27ClN4O.HI/c1-15(2)20(27)26-19-9-7-17(8-10-19)14-25-21(23-3)24-12-11-16-5-4-6-18(22)13-16;/h4-10,13,15H,11-12,14H2,1-3H3,(H,26,27)(H2,23,24,25);1H. The highest BCUT2D eigenvalue weighted by atomic mass is 127. The average Bonchev–Trinajstić information content (AvgIpc) is 2.65. The van der Waals surface area contributed by atoms with Gasteiger partial charge < -0.3 is 16.0 Å². The Morgan fingerprint density at radius 2 is 1.79 bits per heavy atom. The van der Waals surface area contributed by atoms with Crippen molar-refractivity contribution in [3.05, 3.63) is 64.7 Å². The van der Waals surface area contributed by atoms with Gasteiger partial charge in [0.25, 0.3) is 0 Å². The summed E-state index contributed by atoms with van der Waals surface area (Å²) in [6, 6.07) is 15.7. The molecule has 1 amide bonds. The number of nitrogens with zero attached hydrogens (tertiary/aromatic N) is 1. The van der Waals surface area contributed by atoms with Gasteiger partial charge in [-0.25, -0.2) is 0 Å². The van der Waals surface area contributed by atoms with E-state index in [9.17, 15) is 4.79 Å². The van der Waals surface area contributed by atoms with E-state index >= 15 is 0 Å². The second-order valence-corrected chi connectivity index (χ2v) is 7.01. The molecule has 0 aliphatic rings. The number of guanidine groups is 1. The number of nitrogens with one attached hydrogen (secondary N) is 3. The summed E-state index contributed by atoms with van der Waals surface area (Å²) in [5.74, 6) is 0.729. The van der Waals surface area contributed by atoms with Crippen molar-refractivity contribution in [2.45, 2.75) is 26.8 Å². The number of carbonyl (C=O) groups excluding carboxylic acids is 1. The molecule has 152 valence electrons. The maximum atomic E-state index is 11.7. The molecule has 7 heteroatoms. The molecule has 2 rings (SSSR count). The quantitative estimate of drug-likeness (QED) is 0.290.